The summed E-state index contributed by atoms with van der Waals surface area (Å²) in [7, 11) is -3.16. The topological polar surface area (TPSA) is 133 Å². The number of carbonyl (C=O) groups excluding carboxylic acids is 2. The summed E-state index contributed by atoms with van der Waals surface area (Å²) in [5.74, 6) is -1.53. The van der Waals surface area contributed by atoms with E-state index in [2.05, 4.69) is 5.32 Å². The van der Waals surface area contributed by atoms with Crippen molar-refractivity contribution in [2.45, 2.75) is 18.9 Å². The molecule has 1 atom stereocenters. The molecule has 0 unspecified atom stereocenters. The summed E-state index contributed by atoms with van der Waals surface area (Å²) in [4.78, 5) is 33.6. The molecule has 2 rings (SSSR count). The van der Waals surface area contributed by atoms with Crippen LogP contribution in [0.3, 0.4) is 0 Å². The average molecular weight is 382 g/mol. The van der Waals surface area contributed by atoms with Gasteiger partial charge >= 0.3 is 5.97 Å². The van der Waals surface area contributed by atoms with E-state index in [1.54, 1.807) is 13.0 Å². The molecule has 0 bridgehead atoms. The predicted molar refractivity (Wildman–Crippen MR) is 92.9 cm³/mol. The second-order valence-corrected chi connectivity index (χ2v) is 8.43. The van der Waals surface area contributed by atoms with Gasteiger partial charge in [0.2, 0.25) is 0 Å². The van der Waals surface area contributed by atoms with Crippen LogP contribution in [0, 0.1) is 10.1 Å². The molecule has 1 amide bonds. The number of hydrogen-bond acceptors (Lipinski definition) is 7. The van der Waals surface area contributed by atoms with Crippen molar-refractivity contribution in [1.29, 1.82) is 0 Å². The molecule has 1 aromatic rings. The summed E-state index contributed by atoms with van der Waals surface area (Å²) < 4.78 is 27.8. The van der Waals surface area contributed by atoms with Gasteiger partial charge < -0.3 is 10.1 Å². The van der Waals surface area contributed by atoms with Crippen LogP contribution in [-0.4, -0.2) is 48.9 Å². The molecular formula is C16H18N2O7S. The minimum Gasteiger partial charge on any atom is -0.452 e. The Morgan fingerprint density at radius 2 is 2.15 bits per heavy atom. The lowest BCUT2D eigenvalue weighted by atomic mass is 10.0. The van der Waals surface area contributed by atoms with Crippen LogP contribution < -0.4 is 5.32 Å². The highest BCUT2D eigenvalue weighted by Crippen LogP contribution is 2.22. The second-order valence-electron chi connectivity index (χ2n) is 6.24. The second kappa shape index (κ2) is 7.65. The Hall–Kier alpha value is -2.75. The maximum Gasteiger partial charge on any atom is 0.331 e. The zero-order valence-electron chi connectivity index (χ0n) is 14.0. The molecule has 9 nitrogen and oxygen atoms in total. The van der Waals surface area contributed by atoms with Gasteiger partial charge in [0.05, 0.1) is 22.0 Å². The summed E-state index contributed by atoms with van der Waals surface area (Å²) in [5.41, 5.74) is -0.537. The van der Waals surface area contributed by atoms with Crippen molar-refractivity contribution in [2.75, 3.05) is 18.1 Å². The first-order valence-corrected chi connectivity index (χ1v) is 9.51. The van der Waals surface area contributed by atoms with E-state index in [9.17, 15) is 28.1 Å². The number of non-ortho nitro benzene ring substituents is 1. The van der Waals surface area contributed by atoms with Crippen LogP contribution in [0.15, 0.2) is 30.3 Å². The van der Waals surface area contributed by atoms with E-state index in [-0.39, 0.29) is 17.2 Å². The van der Waals surface area contributed by atoms with Crippen molar-refractivity contribution >= 4 is 33.5 Å². The summed E-state index contributed by atoms with van der Waals surface area (Å²) in [5, 5.41) is 13.3. The normalized spacial score (nSPS) is 21.4. The third-order valence-corrected chi connectivity index (χ3v) is 5.69. The van der Waals surface area contributed by atoms with E-state index in [0.29, 0.717) is 12.0 Å². The molecule has 0 aromatic heterocycles. The fraction of sp³-hybridized carbons (Fsp3) is 0.375. The van der Waals surface area contributed by atoms with Crippen LogP contribution in [-0.2, 0) is 24.2 Å². The summed E-state index contributed by atoms with van der Waals surface area (Å²) in [6, 6.07) is 5.67. The summed E-state index contributed by atoms with van der Waals surface area (Å²) in [6.45, 7) is 1.08. The average Bonchev–Trinajstić information content (AvgIpc) is 2.84. The number of esters is 1. The Kier molecular flexibility index (Phi) is 5.76. The highest BCUT2D eigenvalue weighted by Gasteiger charge is 2.39. The van der Waals surface area contributed by atoms with Gasteiger partial charge in [-0.3, -0.25) is 14.9 Å². The molecule has 1 N–H and O–H groups in total. The van der Waals surface area contributed by atoms with E-state index in [1.807, 2.05) is 0 Å². The molecular weight excluding hydrogens is 364 g/mol. The maximum atomic E-state index is 11.8. The number of ether oxygens (including phenoxy) is 1. The van der Waals surface area contributed by atoms with Crippen molar-refractivity contribution in [1.82, 2.24) is 5.32 Å². The summed E-state index contributed by atoms with van der Waals surface area (Å²) in [6.07, 6.45) is 2.69. The van der Waals surface area contributed by atoms with Crippen molar-refractivity contribution in [3.63, 3.8) is 0 Å². The number of nitro benzene ring substituents is 1. The van der Waals surface area contributed by atoms with Gasteiger partial charge in [-0.15, -0.1) is 0 Å². The Morgan fingerprint density at radius 1 is 1.42 bits per heavy atom. The number of nitrogens with zero attached hydrogens (tertiary/aromatic N) is 1. The zero-order chi connectivity index (χ0) is 19.4. The Balaban J connectivity index is 1.84. The molecule has 1 fully saturated rings. The molecule has 0 aliphatic carbocycles. The van der Waals surface area contributed by atoms with Crippen LogP contribution >= 0.6 is 0 Å². The van der Waals surface area contributed by atoms with Crippen LogP contribution in [0.2, 0.25) is 0 Å². The third-order valence-electron chi connectivity index (χ3n) is 3.78. The van der Waals surface area contributed by atoms with E-state index < -0.39 is 38.8 Å². The third kappa shape index (κ3) is 5.66. The molecule has 0 radical (unpaired) electrons. The fourth-order valence-corrected chi connectivity index (χ4v) is 4.67. The number of nitro groups is 1. The monoisotopic (exact) mass is 382 g/mol. The quantitative estimate of drug-likeness (QED) is 0.334. The molecule has 1 aromatic carbocycles. The van der Waals surface area contributed by atoms with Crippen molar-refractivity contribution < 1.29 is 27.7 Å². The highest BCUT2D eigenvalue weighted by atomic mass is 32.2. The first-order chi connectivity index (χ1) is 12.1. The van der Waals surface area contributed by atoms with Crippen molar-refractivity contribution in [3.8, 4) is 0 Å². The van der Waals surface area contributed by atoms with Crippen LogP contribution in [0.1, 0.15) is 18.9 Å². The Bertz CT molecular complexity index is 863. The lowest BCUT2D eigenvalue weighted by Crippen LogP contribution is -2.48. The van der Waals surface area contributed by atoms with Crippen molar-refractivity contribution in [2.24, 2.45) is 0 Å². The van der Waals surface area contributed by atoms with Gasteiger partial charge in [-0.05, 0) is 25.0 Å². The number of carbonyl (C=O) groups is 2. The Morgan fingerprint density at radius 3 is 2.77 bits per heavy atom. The molecule has 10 heteroatoms. The van der Waals surface area contributed by atoms with Crippen LogP contribution in [0.5, 0.6) is 0 Å². The smallest absolute Gasteiger partial charge is 0.331 e. The first kappa shape index (κ1) is 19.6. The van der Waals surface area contributed by atoms with Gasteiger partial charge in [0.25, 0.3) is 11.6 Å². The lowest BCUT2D eigenvalue weighted by molar-refractivity contribution is -0.384. The van der Waals surface area contributed by atoms with Gasteiger partial charge in [0.15, 0.2) is 16.4 Å². The van der Waals surface area contributed by atoms with Gasteiger partial charge in [-0.25, -0.2) is 13.2 Å². The van der Waals surface area contributed by atoms with E-state index in [0.717, 1.165) is 6.08 Å². The zero-order valence-corrected chi connectivity index (χ0v) is 14.8. The Labute approximate surface area is 150 Å². The molecule has 1 aliphatic rings. The van der Waals surface area contributed by atoms with E-state index >= 15 is 0 Å². The number of rotatable bonds is 6. The largest absolute Gasteiger partial charge is 0.452 e. The number of benzene rings is 1. The molecule has 1 heterocycles. The summed E-state index contributed by atoms with van der Waals surface area (Å²) >= 11 is 0. The fourth-order valence-electron chi connectivity index (χ4n) is 2.57. The van der Waals surface area contributed by atoms with E-state index in [4.69, 9.17) is 4.74 Å². The molecule has 1 saturated heterocycles. The number of nitrogens with one attached hydrogen (secondary N) is 1. The van der Waals surface area contributed by atoms with E-state index in [1.165, 1.54) is 24.3 Å². The first-order valence-electron chi connectivity index (χ1n) is 7.69. The SMILES string of the molecule is C[C@]1(NC(=O)COC(=O)/C=C/c2cccc([N+](=O)[O-])c2)CCS(=O)(=O)C1. The molecule has 0 spiro atoms. The van der Waals surface area contributed by atoms with Crippen LogP contribution in [0.4, 0.5) is 5.69 Å². The number of hydrogen-bond donors (Lipinski definition) is 1. The maximum absolute atomic E-state index is 11.8. The molecule has 0 saturated carbocycles. The lowest BCUT2D eigenvalue weighted by Gasteiger charge is -2.23. The minimum absolute atomic E-state index is 0.00944. The highest BCUT2D eigenvalue weighted by molar-refractivity contribution is 7.91. The minimum atomic E-state index is -3.16. The van der Waals surface area contributed by atoms with Crippen LogP contribution in [0.25, 0.3) is 6.08 Å². The standard InChI is InChI=1S/C16H18N2O7S/c1-16(7-8-26(23,24)11-16)17-14(19)10-25-15(20)6-5-12-3-2-4-13(9-12)18(21)22/h2-6,9H,7-8,10-11H2,1H3,(H,17,19)/b6-5+/t16-/m0/s1. The predicted octanol–water partition coefficient (Wildman–Crippen LogP) is 0.845. The number of sulfone groups is 1. The molecule has 140 valence electrons. The van der Waals surface area contributed by atoms with Gasteiger partial charge in [-0.2, -0.15) is 0 Å². The number of amides is 1. The molecule has 1 aliphatic heterocycles. The van der Waals surface area contributed by atoms with Gasteiger partial charge in [0.1, 0.15) is 0 Å². The van der Waals surface area contributed by atoms with Gasteiger partial charge in [-0.1, -0.05) is 12.1 Å². The van der Waals surface area contributed by atoms with Crippen molar-refractivity contribution in [3.05, 3.63) is 46.0 Å². The van der Waals surface area contributed by atoms with Gasteiger partial charge in [0, 0.05) is 18.2 Å². The molecule has 26 heavy (non-hydrogen) atoms.